The monoisotopic (exact) mass is 229 g/mol. The lowest BCUT2D eigenvalue weighted by molar-refractivity contribution is -0.141. The van der Waals surface area contributed by atoms with Crippen molar-refractivity contribution < 1.29 is 13.2 Å². The van der Waals surface area contributed by atoms with Crippen molar-refractivity contribution in [2.75, 3.05) is 0 Å². The van der Waals surface area contributed by atoms with Gasteiger partial charge in [-0.05, 0) is 37.0 Å². The van der Waals surface area contributed by atoms with Gasteiger partial charge >= 0.3 is 6.18 Å². The van der Waals surface area contributed by atoms with E-state index >= 15 is 0 Å². The minimum atomic E-state index is -4.39. The Kier molecular flexibility index (Phi) is 3.41. The van der Waals surface area contributed by atoms with Crippen LogP contribution in [0.15, 0.2) is 6.58 Å². The Morgan fingerprint density at radius 2 is 1.88 bits per heavy atom. The normalized spacial score (nSPS) is 11.6. The van der Waals surface area contributed by atoms with Gasteiger partial charge in [0.1, 0.15) is 5.69 Å². The maximum absolute atomic E-state index is 12.7. The van der Waals surface area contributed by atoms with Gasteiger partial charge in [-0.25, -0.2) is 4.98 Å². The van der Waals surface area contributed by atoms with E-state index in [0.717, 1.165) is 0 Å². The first-order valence-corrected chi connectivity index (χ1v) is 5.02. The van der Waals surface area contributed by atoms with Gasteiger partial charge in [-0.1, -0.05) is 19.6 Å². The van der Waals surface area contributed by atoms with Crippen molar-refractivity contribution in [1.82, 2.24) is 4.98 Å². The number of hydrogen-bond donors (Lipinski definition) is 0. The molecule has 1 nitrogen and oxygen atoms in total. The second kappa shape index (κ2) is 4.28. The number of halogens is 3. The summed E-state index contributed by atoms with van der Waals surface area (Å²) in [6, 6.07) is 0. The van der Waals surface area contributed by atoms with Gasteiger partial charge in [0.25, 0.3) is 0 Å². The second-order valence-electron chi connectivity index (χ2n) is 3.62. The van der Waals surface area contributed by atoms with E-state index in [1.165, 1.54) is 6.92 Å². The molecule has 16 heavy (non-hydrogen) atoms. The van der Waals surface area contributed by atoms with Crippen molar-refractivity contribution in [3.8, 4) is 0 Å². The van der Waals surface area contributed by atoms with E-state index < -0.39 is 11.9 Å². The summed E-state index contributed by atoms with van der Waals surface area (Å²) in [4.78, 5) is 3.63. The minimum absolute atomic E-state index is 0.204. The number of rotatable bonds is 2. The molecule has 0 saturated carbocycles. The van der Waals surface area contributed by atoms with E-state index in [1.54, 1.807) is 13.0 Å². The van der Waals surface area contributed by atoms with Crippen LogP contribution in [0.1, 0.15) is 35.0 Å². The molecule has 0 unspecified atom stereocenters. The summed E-state index contributed by atoms with van der Waals surface area (Å²) < 4.78 is 38.1. The zero-order valence-electron chi connectivity index (χ0n) is 9.57. The molecule has 0 aliphatic rings. The van der Waals surface area contributed by atoms with E-state index in [9.17, 15) is 13.2 Å². The maximum atomic E-state index is 12.7. The van der Waals surface area contributed by atoms with Gasteiger partial charge in [-0.2, -0.15) is 13.2 Å². The lowest BCUT2D eigenvalue weighted by atomic mass is 9.97. The fourth-order valence-corrected chi connectivity index (χ4v) is 1.88. The predicted octanol–water partition coefficient (Wildman–Crippen LogP) is 3.92. The highest BCUT2D eigenvalue weighted by Gasteiger charge is 2.35. The number of alkyl halides is 3. The Morgan fingerprint density at radius 3 is 2.25 bits per heavy atom. The molecule has 0 aliphatic carbocycles. The Morgan fingerprint density at radius 1 is 1.31 bits per heavy atom. The highest BCUT2D eigenvalue weighted by atomic mass is 19.4. The summed E-state index contributed by atoms with van der Waals surface area (Å²) in [6.07, 6.45) is -2.29. The molecular formula is C12H14F3N. The van der Waals surface area contributed by atoms with Gasteiger partial charge < -0.3 is 0 Å². The van der Waals surface area contributed by atoms with E-state index in [0.29, 0.717) is 23.2 Å². The molecule has 0 amide bonds. The van der Waals surface area contributed by atoms with Crippen LogP contribution in [0.25, 0.3) is 6.08 Å². The van der Waals surface area contributed by atoms with E-state index in [1.807, 2.05) is 6.92 Å². The van der Waals surface area contributed by atoms with Gasteiger partial charge in [0.05, 0.1) is 0 Å². The third-order valence-electron chi connectivity index (χ3n) is 2.63. The molecule has 1 aromatic rings. The summed E-state index contributed by atoms with van der Waals surface area (Å²) in [5.41, 5.74) is 1.19. The van der Waals surface area contributed by atoms with Crippen LogP contribution in [-0.4, -0.2) is 4.98 Å². The molecule has 0 spiro atoms. The fourth-order valence-electron chi connectivity index (χ4n) is 1.88. The van der Waals surface area contributed by atoms with Crippen LogP contribution < -0.4 is 0 Å². The average Bonchev–Trinajstić information content (AvgIpc) is 2.18. The number of aromatic nitrogens is 1. The maximum Gasteiger partial charge on any atom is 0.433 e. The summed E-state index contributed by atoms with van der Waals surface area (Å²) in [6.45, 7) is 8.47. The van der Waals surface area contributed by atoms with Gasteiger partial charge in [-0.15, -0.1) is 0 Å². The van der Waals surface area contributed by atoms with Gasteiger partial charge in [0, 0.05) is 5.69 Å². The second-order valence-corrected chi connectivity index (χ2v) is 3.62. The Balaban J connectivity index is 3.59. The van der Waals surface area contributed by atoms with Gasteiger partial charge in [0.2, 0.25) is 0 Å². The molecule has 0 aliphatic heterocycles. The Bertz CT molecular complexity index is 419. The van der Waals surface area contributed by atoms with Crippen LogP contribution in [0.3, 0.4) is 0 Å². The van der Waals surface area contributed by atoms with Crippen molar-refractivity contribution in [3.63, 3.8) is 0 Å². The SMILES string of the molecule is C=Cc1c(C)nc(C(F)(F)F)c(C)c1CC. The standard InChI is InChI=1S/C12H14F3N/c1-5-9-7(3)11(12(13,14)15)16-8(4)10(9)6-2/h6H,2,5H2,1,3-4H3. The first-order chi connectivity index (χ1) is 7.32. The van der Waals surface area contributed by atoms with Crippen LogP contribution >= 0.6 is 0 Å². The molecular weight excluding hydrogens is 215 g/mol. The van der Waals surface area contributed by atoms with Crippen LogP contribution in [0.2, 0.25) is 0 Å². The molecule has 1 aromatic heterocycles. The summed E-state index contributed by atoms with van der Waals surface area (Å²) in [5, 5.41) is 0. The van der Waals surface area contributed by atoms with E-state index in [-0.39, 0.29) is 5.56 Å². The topological polar surface area (TPSA) is 12.9 Å². The van der Waals surface area contributed by atoms with Crippen molar-refractivity contribution in [2.45, 2.75) is 33.4 Å². The van der Waals surface area contributed by atoms with E-state index in [4.69, 9.17) is 0 Å². The lowest BCUT2D eigenvalue weighted by Gasteiger charge is -2.16. The Labute approximate surface area is 93.0 Å². The van der Waals surface area contributed by atoms with Crippen molar-refractivity contribution in [1.29, 1.82) is 0 Å². The molecule has 0 saturated heterocycles. The van der Waals surface area contributed by atoms with Crippen LogP contribution in [0.5, 0.6) is 0 Å². The zero-order valence-corrected chi connectivity index (χ0v) is 9.57. The third kappa shape index (κ3) is 2.10. The smallest absolute Gasteiger partial charge is 0.248 e. The van der Waals surface area contributed by atoms with Crippen molar-refractivity contribution in [3.05, 3.63) is 34.7 Å². The molecule has 0 radical (unpaired) electrons. The number of nitrogens with zero attached hydrogens (tertiary/aromatic N) is 1. The zero-order chi connectivity index (χ0) is 12.5. The molecule has 0 atom stereocenters. The highest BCUT2D eigenvalue weighted by Crippen LogP contribution is 2.33. The minimum Gasteiger partial charge on any atom is -0.248 e. The number of aryl methyl sites for hydroxylation is 1. The number of hydrogen-bond acceptors (Lipinski definition) is 1. The molecule has 1 heterocycles. The average molecular weight is 229 g/mol. The van der Waals surface area contributed by atoms with Crippen LogP contribution in [0.4, 0.5) is 13.2 Å². The first-order valence-electron chi connectivity index (χ1n) is 5.02. The molecule has 88 valence electrons. The largest absolute Gasteiger partial charge is 0.433 e. The molecule has 1 rings (SSSR count). The van der Waals surface area contributed by atoms with E-state index in [2.05, 4.69) is 11.6 Å². The first kappa shape index (κ1) is 12.7. The quantitative estimate of drug-likeness (QED) is 0.749. The van der Waals surface area contributed by atoms with Gasteiger partial charge in [0.15, 0.2) is 0 Å². The summed E-state index contributed by atoms with van der Waals surface area (Å²) in [7, 11) is 0. The van der Waals surface area contributed by atoms with Crippen LogP contribution in [0, 0.1) is 13.8 Å². The molecule has 0 aromatic carbocycles. The Hall–Kier alpha value is -1.32. The highest BCUT2D eigenvalue weighted by molar-refractivity contribution is 5.57. The fraction of sp³-hybridized carbons (Fsp3) is 0.417. The molecule has 4 heteroatoms. The molecule has 0 fully saturated rings. The predicted molar refractivity (Wildman–Crippen MR) is 58.2 cm³/mol. The van der Waals surface area contributed by atoms with Crippen molar-refractivity contribution >= 4 is 6.08 Å². The van der Waals surface area contributed by atoms with Crippen molar-refractivity contribution in [2.24, 2.45) is 0 Å². The third-order valence-corrected chi connectivity index (χ3v) is 2.63. The summed E-state index contributed by atoms with van der Waals surface area (Å²) >= 11 is 0. The lowest BCUT2D eigenvalue weighted by Crippen LogP contribution is -2.14. The number of pyridine rings is 1. The molecule has 0 N–H and O–H groups in total. The van der Waals surface area contributed by atoms with Gasteiger partial charge in [-0.3, -0.25) is 0 Å². The summed E-state index contributed by atoms with van der Waals surface area (Å²) in [5.74, 6) is 0. The van der Waals surface area contributed by atoms with Crippen LogP contribution in [-0.2, 0) is 12.6 Å². The molecule has 0 bridgehead atoms.